The molecule has 0 radical (unpaired) electrons. The highest BCUT2D eigenvalue weighted by molar-refractivity contribution is 7.10. The molecule has 220 valence electrons. The zero-order chi connectivity index (χ0) is 30.1. The molecular formula is C35H40N2O4S. The van der Waals surface area contributed by atoms with Crippen LogP contribution in [-0.2, 0) is 17.8 Å². The maximum absolute atomic E-state index is 13.9. The van der Waals surface area contributed by atoms with E-state index in [-0.39, 0.29) is 24.3 Å². The molecule has 0 N–H and O–H groups in total. The standard InChI is InChI=1S/C35H40N2O4S/c1-25(2)22-37(35(39)30-14-12-29(13-15-30)28-9-7-6-8-10-28)24-34(38)36(23-33-26(3)18-20-42-33)19-17-27-11-16-31(40-4)32(21-27)41-5/h6-16,18,20-21,25H,17,19,22-24H2,1-5H3. The number of methoxy groups -OCH3 is 2. The molecule has 42 heavy (non-hydrogen) atoms. The van der Waals surface area contributed by atoms with E-state index >= 15 is 0 Å². The predicted octanol–water partition coefficient (Wildman–Crippen LogP) is 7.11. The second-order valence-electron chi connectivity index (χ2n) is 10.8. The van der Waals surface area contributed by atoms with E-state index in [0.29, 0.717) is 43.1 Å². The highest BCUT2D eigenvalue weighted by atomic mass is 32.1. The molecule has 6 nitrogen and oxygen atoms in total. The lowest BCUT2D eigenvalue weighted by atomic mass is 10.0. The van der Waals surface area contributed by atoms with Crippen LogP contribution in [0.25, 0.3) is 11.1 Å². The Morgan fingerprint density at radius 2 is 1.52 bits per heavy atom. The van der Waals surface area contributed by atoms with E-state index in [1.165, 1.54) is 0 Å². The van der Waals surface area contributed by atoms with Gasteiger partial charge in [0, 0.05) is 23.5 Å². The van der Waals surface area contributed by atoms with Crippen LogP contribution in [0.3, 0.4) is 0 Å². The third-order valence-electron chi connectivity index (χ3n) is 7.21. The first kappa shape index (κ1) is 30.8. The summed E-state index contributed by atoms with van der Waals surface area (Å²) in [5.74, 6) is 1.34. The lowest BCUT2D eigenvalue weighted by Crippen LogP contribution is -2.44. The lowest BCUT2D eigenvalue weighted by molar-refractivity contribution is -0.132. The molecule has 2 amide bonds. The number of benzene rings is 3. The van der Waals surface area contributed by atoms with Crippen molar-refractivity contribution in [2.45, 2.75) is 33.7 Å². The van der Waals surface area contributed by atoms with Gasteiger partial charge in [-0.1, -0.05) is 62.4 Å². The molecule has 1 heterocycles. The second kappa shape index (κ2) is 14.7. The molecule has 0 saturated carbocycles. The molecule has 0 bridgehead atoms. The number of amides is 2. The van der Waals surface area contributed by atoms with Gasteiger partial charge in [-0.25, -0.2) is 0 Å². The normalized spacial score (nSPS) is 10.9. The Hall–Kier alpha value is -4.10. The molecule has 0 atom stereocenters. The zero-order valence-corrected chi connectivity index (χ0v) is 25.9. The molecule has 0 aliphatic carbocycles. The summed E-state index contributed by atoms with van der Waals surface area (Å²) >= 11 is 1.65. The van der Waals surface area contributed by atoms with E-state index in [1.54, 1.807) is 30.5 Å². The first-order valence-corrected chi connectivity index (χ1v) is 15.1. The molecule has 7 heteroatoms. The van der Waals surface area contributed by atoms with Crippen molar-refractivity contribution in [2.75, 3.05) is 33.9 Å². The minimum atomic E-state index is -0.135. The summed E-state index contributed by atoms with van der Waals surface area (Å²) in [5.41, 5.74) is 4.93. The molecule has 0 spiro atoms. The number of aryl methyl sites for hydroxylation is 1. The smallest absolute Gasteiger partial charge is 0.254 e. The minimum absolute atomic E-state index is 0.0216. The fourth-order valence-electron chi connectivity index (χ4n) is 4.87. The number of ether oxygens (including phenoxy) is 2. The first-order valence-electron chi connectivity index (χ1n) is 14.3. The van der Waals surface area contributed by atoms with Crippen molar-refractivity contribution < 1.29 is 19.1 Å². The molecule has 4 rings (SSSR count). The summed E-state index contributed by atoms with van der Waals surface area (Å²) in [6.45, 7) is 7.73. The first-order chi connectivity index (χ1) is 20.3. The van der Waals surface area contributed by atoms with Gasteiger partial charge in [0.1, 0.15) is 6.54 Å². The molecule has 1 aromatic heterocycles. The van der Waals surface area contributed by atoms with Gasteiger partial charge < -0.3 is 19.3 Å². The van der Waals surface area contributed by atoms with E-state index in [2.05, 4.69) is 32.2 Å². The van der Waals surface area contributed by atoms with Gasteiger partial charge in [-0.05, 0) is 77.2 Å². The summed E-state index contributed by atoms with van der Waals surface area (Å²) in [4.78, 5) is 32.3. The van der Waals surface area contributed by atoms with Gasteiger partial charge in [-0.15, -0.1) is 11.3 Å². The molecule has 0 aliphatic rings. The van der Waals surface area contributed by atoms with Crippen molar-refractivity contribution in [2.24, 2.45) is 5.92 Å². The van der Waals surface area contributed by atoms with Crippen molar-refractivity contribution in [1.29, 1.82) is 0 Å². The molecule has 0 saturated heterocycles. The second-order valence-corrected chi connectivity index (χ2v) is 11.8. The predicted molar refractivity (Wildman–Crippen MR) is 170 cm³/mol. The fourth-order valence-corrected chi connectivity index (χ4v) is 5.79. The third kappa shape index (κ3) is 8.01. The van der Waals surface area contributed by atoms with Crippen LogP contribution in [0.5, 0.6) is 11.5 Å². The monoisotopic (exact) mass is 584 g/mol. The van der Waals surface area contributed by atoms with Crippen LogP contribution in [-0.4, -0.2) is 55.5 Å². The maximum atomic E-state index is 13.9. The van der Waals surface area contributed by atoms with Crippen LogP contribution in [0.2, 0.25) is 0 Å². The van der Waals surface area contributed by atoms with Gasteiger partial charge in [0.05, 0.1) is 20.8 Å². The van der Waals surface area contributed by atoms with Crippen LogP contribution < -0.4 is 9.47 Å². The quantitative estimate of drug-likeness (QED) is 0.168. The van der Waals surface area contributed by atoms with Gasteiger partial charge in [0.2, 0.25) is 5.91 Å². The van der Waals surface area contributed by atoms with Crippen LogP contribution in [0, 0.1) is 12.8 Å². The highest BCUT2D eigenvalue weighted by Gasteiger charge is 2.24. The van der Waals surface area contributed by atoms with Crippen molar-refractivity contribution in [3.8, 4) is 22.6 Å². The summed E-state index contributed by atoms with van der Waals surface area (Å²) in [6, 6.07) is 25.6. The van der Waals surface area contributed by atoms with Crippen molar-refractivity contribution in [1.82, 2.24) is 9.80 Å². The molecule has 3 aromatic carbocycles. The van der Waals surface area contributed by atoms with Gasteiger partial charge >= 0.3 is 0 Å². The number of hydrogen-bond acceptors (Lipinski definition) is 5. The number of carbonyl (C=O) groups is 2. The van der Waals surface area contributed by atoms with Crippen LogP contribution in [0.1, 0.15) is 40.2 Å². The Bertz CT molecular complexity index is 1460. The van der Waals surface area contributed by atoms with Crippen LogP contribution >= 0.6 is 11.3 Å². The number of nitrogens with zero attached hydrogens (tertiary/aromatic N) is 2. The van der Waals surface area contributed by atoms with Gasteiger partial charge in [-0.3, -0.25) is 9.59 Å². The molecule has 0 aliphatic heterocycles. The molecule has 0 unspecified atom stereocenters. The Morgan fingerprint density at radius 3 is 2.14 bits per heavy atom. The van der Waals surface area contributed by atoms with E-state index < -0.39 is 0 Å². The minimum Gasteiger partial charge on any atom is -0.493 e. The Labute approximate surface area is 253 Å². The van der Waals surface area contributed by atoms with E-state index in [1.807, 2.05) is 77.7 Å². The summed E-state index contributed by atoms with van der Waals surface area (Å²) < 4.78 is 10.9. The Morgan fingerprint density at radius 1 is 0.833 bits per heavy atom. The summed E-state index contributed by atoms with van der Waals surface area (Å²) in [7, 11) is 3.23. The Kier molecular flexibility index (Phi) is 10.8. The number of rotatable bonds is 13. The van der Waals surface area contributed by atoms with E-state index in [9.17, 15) is 9.59 Å². The highest BCUT2D eigenvalue weighted by Crippen LogP contribution is 2.28. The topological polar surface area (TPSA) is 59.1 Å². The van der Waals surface area contributed by atoms with Crippen molar-refractivity contribution in [3.05, 3.63) is 106 Å². The average Bonchev–Trinajstić information content (AvgIpc) is 3.42. The third-order valence-corrected chi connectivity index (χ3v) is 8.22. The molecular weight excluding hydrogens is 544 g/mol. The Balaban J connectivity index is 1.52. The van der Waals surface area contributed by atoms with Crippen LogP contribution in [0.4, 0.5) is 0 Å². The van der Waals surface area contributed by atoms with Gasteiger partial charge in [-0.2, -0.15) is 0 Å². The van der Waals surface area contributed by atoms with Gasteiger partial charge in [0.15, 0.2) is 11.5 Å². The SMILES string of the molecule is COc1ccc(CCN(Cc2sccc2C)C(=O)CN(CC(C)C)C(=O)c2ccc(-c3ccccc3)cc2)cc1OC. The maximum Gasteiger partial charge on any atom is 0.254 e. The van der Waals surface area contributed by atoms with E-state index in [0.717, 1.165) is 27.1 Å². The van der Waals surface area contributed by atoms with Crippen molar-refractivity contribution >= 4 is 23.2 Å². The zero-order valence-electron chi connectivity index (χ0n) is 25.1. The summed E-state index contributed by atoms with van der Waals surface area (Å²) in [5, 5.41) is 2.05. The number of hydrogen-bond donors (Lipinski definition) is 0. The van der Waals surface area contributed by atoms with Crippen LogP contribution in [0.15, 0.2) is 84.2 Å². The largest absolute Gasteiger partial charge is 0.493 e. The van der Waals surface area contributed by atoms with E-state index in [4.69, 9.17) is 9.47 Å². The summed E-state index contributed by atoms with van der Waals surface area (Å²) in [6.07, 6.45) is 0.648. The lowest BCUT2D eigenvalue weighted by Gasteiger charge is -2.29. The number of thiophene rings is 1. The van der Waals surface area contributed by atoms with Crippen molar-refractivity contribution in [3.63, 3.8) is 0 Å². The molecule has 4 aromatic rings. The number of carbonyl (C=O) groups excluding carboxylic acids is 2. The molecule has 0 fully saturated rings. The van der Waals surface area contributed by atoms with Gasteiger partial charge in [0.25, 0.3) is 5.91 Å². The fraction of sp³-hybridized carbons (Fsp3) is 0.314. The average molecular weight is 585 g/mol.